The first kappa shape index (κ1) is 13.8. The van der Waals surface area contributed by atoms with E-state index in [2.05, 4.69) is 98.4 Å². The Balaban J connectivity index is 2.23. The van der Waals surface area contributed by atoms with Crippen molar-refractivity contribution in [3.63, 3.8) is 0 Å². The maximum absolute atomic E-state index is 2.45. The van der Waals surface area contributed by atoms with Crippen molar-refractivity contribution < 1.29 is 0 Å². The molecule has 3 aromatic rings. The van der Waals surface area contributed by atoms with Crippen molar-refractivity contribution in [3.05, 3.63) is 90.5 Å². The molecular formula is C20H20Si. The second kappa shape index (κ2) is 5.70. The van der Waals surface area contributed by atoms with E-state index in [1.165, 1.54) is 21.1 Å². The molecule has 0 heterocycles. The molecule has 0 N–H and O–H groups in total. The van der Waals surface area contributed by atoms with Crippen molar-refractivity contribution in [1.29, 1.82) is 0 Å². The second-order valence-electron chi connectivity index (χ2n) is 5.72. The predicted octanol–water partition coefficient (Wildman–Crippen LogP) is 3.10. The van der Waals surface area contributed by atoms with Crippen molar-refractivity contribution >= 4 is 23.6 Å². The van der Waals surface area contributed by atoms with Crippen LogP contribution in [0.2, 0.25) is 6.55 Å². The van der Waals surface area contributed by atoms with E-state index in [1.54, 1.807) is 0 Å². The van der Waals surface area contributed by atoms with Gasteiger partial charge in [-0.2, -0.15) is 0 Å². The molecule has 104 valence electrons. The Morgan fingerprint density at radius 1 is 0.524 bits per heavy atom. The first-order valence-electron chi connectivity index (χ1n) is 7.39. The number of hydrogen-bond acceptors (Lipinski definition) is 0. The molecule has 0 aromatic heterocycles. The third-order valence-electron chi connectivity index (χ3n) is 4.33. The van der Waals surface area contributed by atoms with E-state index in [9.17, 15) is 0 Å². The standard InChI is InChI=1S/C20H20Si/c1-17-13-15-20(16-14-17)21(2,18-9-5-3-6-10-18)19-11-7-4-8-12-19/h3-16H,1-2H3. The topological polar surface area (TPSA) is 0 Å². The Hall–Kier alpha value is -2.12. The molecule has 0 amide bonds. The minimum atomic E-state index is -1.90. The summed E-state index contributed by atoms with van der Waals surface area (Å²) < 4.78 is 0. The number of hydrogen-bond donors (Lipinski definition) is 0. The SMILES string of the molecule is Cc1ccc([Si](C)(c2ccccc2)c2ccccc2)cc1. The number of aryl methyl sites for hydroxylation is 1. The fourth-order valence-corrected chi connectivity index (χ4v) is 6.48. The van der Waals surface area contributed by atoms with Gasteiger partial charge in [-0.05, 0) is 22.5 Å². The number of benzene rings is 3. The van der Waals surface area contributed by atoms with E-state index in [0.717, 1.165) is 0 Å². The van der Waals surface area contributed by atoms with Crippen LogP contribution < -0.4 is 15.6 Å². The summed E-state index contributed by atoms with van der Waals surface area (Å²) in [7, 11) is -1.90. The molecular weight excluding hydrogens is 268 g/mol. The lowest BCUT2D eigenvalue weighted by molar-refractivity contribution is 1.48. The molecule has 0 aliphatic heterocycles. The molecule has 0 saturated heterocycles. The van der Waals surface area contributed by atoms with Gasteiger partial charge in [-0.3, -0.25) is 0 Å². The quantitative estimate of drug-likeness (QED) is 0.513. The van der Waals surface area contributed by atoms with Crippen molar-refractivity contribution in [2.75, 3.05) is 0 Å². The monoisotopic (exact) mass is 288 g/mol. The average molecular weight is 288 g/mol. The van der Waals surface area contributed by atoms with E-state index in [-0.39, 0.29) is 0 Å². The van der Waals surface area contributed by atoms with Crippen LogP contribution in [0.5, 0.6) is 0 Å². The van der Waals surface area contributed by atoms with Gasteiger partial charge in [-0.15, -0.1) is 0 Å². The maximum atomic E-state index is 2.45. The average Bonchev–Trinajstić information content (AvgIpc) is 2.56. The highest BCUT2D eigenvalue weighted by Crippen LogP contribution is 2.08. The molecule has 3 rings (SSSR count). The predicted molar refractivity (Wildman–Crippen MR) is 94.6 cm³/mol. The molecule has 0 nitrogen and oxygen atoms in total. The molecule has 0 unspecified atom stereocenters. The maximum Gasteiger partial charge on any atom is 0.145 e. The Labute approximate surface area is 128 Å². The van der Waals surface area contributed by atoms with Crippen molar-refractivity contribution in [2.24, 2.45) is 0 Å². The molecule has 0 bridgehead atoms. The van der Waals surface area contributed by atoms with E-state index in [4.69, 9.17) is 0 Å². The fraction of sp³-hybridized carbons (Fsp3) is 0.100. The highest BCUT2D eigenvalue weighted by molar-refractivity contribution is 7.10. The van der Waals surface area contributed by atoms with Crippen LogP contribution in [0.1, 0.15) is 5.56 Å². The van der Waals surface area contributed by atoms with Gasteiger partial charge in [0.2, 0.25) is 0 Å². The van der Waals surface area contributed by atoms with Crippen molar-refractivity contribution in [1.82, 2.24) is 0 Å². The van der Waals surface area contributed by atoms with Gasteiger partial charge in [0.1, 0.15) is 8.07 Å². The van der Waals surface area contributed by atoms with E-state index in [1.807, 2.05) is 0 Å². The minimum absolute atomic E-state index is 1.32. The summed E-state index contributed by atoms with van der Waals surface area (Å²) >= 11 is 0. The molecule has 0 spiro atoms. The molecule has 0 fully saturated rings. The first-order chi connectivity index (χ1) is 10.2. The molecule has 0 aliphatic carbocycles. The molecule has 1 heteroatoms. The van der Waals surface area contributed by atoms with Crippen molar-refractivity contribution in [3.8, 4) is 0 Å². The van der Waals surface area contributed by atoms with Crippen LogP contribution in [0, 0.1) is 6.92 Å². The minimum Gasteiger partial charge on any atom is -0.0624 e. The summed E-state index contributed by atoms with van der Waals surface area (Å²) in [6.07, 6.45) is 0. The zero-order chi connectivity index (χ0) is 14.7. The summed E-state index contributed by atoms with van der Waals surface area (Å²) in [6.45, 7) is 4.59. The molecule has 0 atom stereocenters. The zero-order valence-electron chi connectivity index (χ0n) is 12.6. The third-order valence-corrected chi connectivity index (χ3v) is 8.80. The summed E-state index contributed by atoms with van der Waals surface area (Å²) in [4.78, 5) is 0. The third kappa shape index (κ3) is 2.57. The first-order valence-corrected chi connectivity index (χ1v) is 9.89. The van der Waals surface area contributed by atoms with Crippen LogP contribution in [0.4, 0.5) is 0 Å². The van der Waals surface area contributed by atoms with Gasteiger partial charge < -0.3 is 0 Å². The van der Waals surface area contributed by atoms with Crippen LogP contribution in [-0.2, 0) is 0 Å². The van der Waals surface area contributed by atoms with Gasteiger partial charge in [0.05, 0.1) is 0 Å². The van der Waals surface area contributed by atoms with Crippen LogP contribution in [0.25, 0.3) is 0 Å². The van der Waals surface area contributed by atoms with Gasteiger partial charge in [0.25, 0.3) is 0 Å². The summed E-state index contributed by atoms with van der Waals surface area (Å²) in [6, 6.07) is 31.0. The van der Waals surface area contributed by atoms with Crippen LogP contribution in [0.15, 0.2) is 84.9 Å². The fourth-order valence-electron chi connectivity index (χ4n) is 2.93. The van der Waals surface area contributed by atoms with E-state index < -0.39 is 8.07 Å². The normalized spacial score (nSPS) is 11.3. The second-order valence-corrected chi connectivity index (χ2v) is 9.71. The van der Waals surface area contributed by atoms with Gasteiger partial charge in [0.15, 0.2) is 0 Å². The Bertz CT molecular complexity index is 660. The highest BCUT2D eigenvalue weighted by Gasteiger charge is 2.33. The molecule has 0 radical (unpaired) electrons. The highest BCUT2D eigenvalue weighted by atomic mass is 28.3. The number of rotatable bonds is 3. The van der Waals surface area contributed by atoms with Crippen LogP contribution in [0.3, 0.4) is 0 Å². The summed E-state index contributed by atoms with van der Waals surface area (Å²) in [5, 5.41) is 4.38. The van der Waals surface area contributed by atoms with Gasteiger partial charge >= 0.3 is 0 Å². The van der Waals surface area contributed by atoms with Crippen molar-refractivity contribution in [2.45, 2.75) is 13.5 Å². The molecule has 3 aromatic carbocycles. The largest absolute Gasteiger partial charge is 0.145 e. The van der Waals surface area contributed by atoms with Gasteiger partial charge in [-0.1, -0.05) is 97.0 Å². The molecule has 21 heavy (non-hydrogen) atoms. The Morgan fingerprint density at radius 3 is 1.33 bits per heavy atom. The lowest BCUT2D eigenvalue weighted by atomic mass is 10.2. The molecule has 0 aliphatic rings. The van der Waals surface area contributed by atoms with Crippen LogP contribution in [-0.4, -0.2) is 8.07 Å². The Kier molecular flexibility index (Phi) is 3.76. The molecule has 0 saturated carbocycles. The van der Waals surface area contributed by atoms with Gasteiger partial charge in [-0.25, -0.2) is 0 Å². The lowest BCUT2D eigenvalue weighted by Crippen LogP contribution is -2.64. The van der Waals surface area contributed by atoms with E-state index >= 15 is 0 Å². The summed E-state index contributed by atoms with van der Waals surface area (Å²) in [5.41, 5.74) is 1.32. The van der Waals surface area contributed by atoms with Crippen LogP contribution >= 0.6 is 0 Å². The van der Waals surface area contributed by atoms with Gasteiger partial charge in [0, 0.05) is 0 Å². The smallest absolute Gasteiger partial charge is 0.0624 e. The summed E-state index contributed by atoms with van der Waals surface area (Å²) in [5.74, 6) is 0. The lowest BCUT2D eigenvalue weighted by Gasteiger charge is -2.29. The Morgan fingerprint density at radius 2 is 0.905 bits per heavy atom. The van der Waals surface area contributed by atoms with E-state index in [0.29, 0.717) is 0 Å². The zero-order valence-corrected chi connectivity index (χ0v) is 13.6.